The second-order valence-electron chi connectivity index (χ2n) is 4.28. The van der Waals surface area contributed by atoms with Gasteiger partial charge < -0.3 is 0 Å². The van der Waals surface area contributed by atoms with Gasteiger partial charge in [-0.05, 0) is 0 Å². The molecule has 2 aromatic carbocycles. The van der Waals surface area contributed by atoms with Crippen LogP contribution in [0.5, 0.6) is 0 Å². The van der Waals surface area contributed by atoms with Crippen molar-refractivity contribution in [2.75, 3.05) is 19.0 Å². The molecule has 4 heteroatoms. The molecule has 0 radical (unpaired) electrons. The Bertz CT molecular complexity index is 530. The van der Waals surface area contributed by atoms with E-state index in [2.05, 4.69) is 27.3 Å². The Morgan fingerprint density at radius 1 is 0.778 bits per heavy atom. The van der Waals surface area contributed by atoms with Crippen LogP contribution < -0.4 is 7.97 Å². The predicted molar refractivity (Wildman–Crippen MR) is 71.0 cm³/mol. The van der Waals surface area contributed by atoms with E-state index in [0.717, 1.165) is 17.1 Å². The molecule has 0 saturated carbocycles. The van der Waals surface area contributed by atoms with Crippen LogP contribution in [-0.2, 0) is 26.1 Å². The van der Waals surface area contributed by atoms with Crippen molar-refractivity contribution in [2.24, 2.45) is 10.2 Å². The number of azo groups is 1. The normalized spacial score (nSPS) is 10.9. The van der Waals surface area contributed by atoms with E-state index < -0.39 is 0 Å². The molecule has 0 spiro atoms. The van der Waals surface area contributed by atoms with Gasteiger partial charge in [0, 0.05) is 0 Å². The molecular formula is C14H14HgN3. The van der Waals surface area contributed by atoms with Crippen LogP contribution in [0.3, 0.4) is 0 Å². The summed E-state index contributed by atoms with van der Waals surface area (Å²) in [6.07, 6.45) is 0. The van der Waals surface area contributed by atoms with Gasteiger partial charge in [0.15, 0.2) is 0 Å². The maximum atomic E-state index is 4.23. The van der Waals surface area contributed by atoms with E-state index in [1.165, 1.54) is 3.07 Å². The van der Waals surface area contributed by atoms with Gasteiger partial charge in [-0.3, -0.25) is 0 Å². The van der Waals surface area contributed by atoms with Gasteiger partial charge in [0.1, 0.15) is 0 Å². The molecule has 0 amide bonds. The van der Waals surface area contributed by atoms with Crippen molar-refractivity contribution in [2.45, 2.75) is 0 Å². The minimum atomic E-state index is 0.678. The standard InChI is InChI=1S/C14H14N3.Hg/c1-17(2)14-10-8-13(9-11-14)16-15-12-6-4-3-5-7-12;/h4-11H,1-2H3;. The molecule has 87 valence electrons. The first-order chi connectivity index (χ1) is 8.65. The van der Waals surface area contributed by atoms with E-state index in [9.17, 15) is 0 Å². The van der Waals surface area contributed by atoms with E-state index in [1.807, 2.05) is 50.5 Å². The predicted octanol–water partition coefficient (Wildman–Crippen LogP) is 3.34. The van der Waals surface area contributed by atoms with Gasteiger partial charge in [-0.2, -0.15) is 0 Å². The molecular weight excluding hydrogens is 411 g/mol. The van der Waals surface area contributed by atoms with E-state index >= 15 is 0 Å². The quantitative estimate of drug-likeness (QED) is 0.548. The SMILES string of the molecule is CN(C)c1ccc(N=Nc2cc[c]([Hg])cc2)cc1. The summed E-state index contributed by atoms with van der Waals surface area (Å²) in [7, 11) is 4.04. The molecule has 0 aliphatic rings. The summed E-state index contributed by atoms with van der Waals surface area (Å²) < 4.78 is 1.42. The minimum absolute atomic E-state index is 0.678. The third kappa shape index (κ3) is 3.63. The Hall–Kier alpha value is -1.22. The fourth-order valence-electron chi connectivity index (χ4n) is 1.50. The number of benzene rings is 2. The number of hydrogen-bond donors (Lipinski definition) is 0. The fourth-order valence-corrected chi connectivity index (χ4v) is 2.41. The van der Waals surface area contributed by atoms with Gasteiger partial charge in [0.2, 0.25) is 0 Å². The van der Waals surface area contributed by atoms with Crippen molar-refractivity contribution in [1.29, 1.82) is 0 Å². The van der Waals surface area contributed by atoms with E-state index in [-0.39, 0.29) is 0 Å². The number of nitrogens with zero attached hydrogens (tertiary/aromatic N) is 3. The van der Waals surface area contributed by atoms with Crippen molar-refractivity contribution >= 4 is 20.1 Å². The van der Waals surface area contributed by atoms with Gasteiger partial charge in [-0.1, -0.05) is 0 Å². The van der Waals surface area contributed by atoms with Crippen LogP contribution in [0.2, 0.25) is 0 Å². The van der Waals surface area contributed by atoms with Crippen LogP contribution in [0.15, 0.2) is 58.8 Å². The third-order valence-electron chi connectivity index (χ3n) is 2.58. The van der Waals surface area contributed by atoms with Crippen molar-refractivity contribution in [3.05, 3.63) is 48.5 Å². The first-order valence-corrected chi connectivity index (χ1v) is 8.51. The second-order valence-corrected chi connectivity index (χ2v) is 7.45. The van der Waals surface area contributed by atoms with Gasteiger partial charge in [-0.15, -0.1) is 0 Å². The van der Waals surface area contributed by atoms with Crippen LogP contribution in [0, 0.1) is 0 Å². The Morgan fingerprint density at radius 2 is 1.22 bits per heavy atom. The summed E-state index contributed by atoms with van der Waals surface area (Å²) in [6.45, 7) is 0. The molecule has 0 bridgehead atoms. The molecule has 0 unspecified atom stereocenters. The molecule has 0 fully saturated rings. The van der Waals surface area contributed by atoms with Crippen molar-refractivity contribution in [3.8, 4) is 0 Å². The average molecular weight is 425 g/mol. The third-order valence-corrected chi connectivity index (χ3v) is 4.42. The summed E-state index contributed by atoms with van der Waals surface area (Å²) in [4.78, 5) is 2.06. The molecule has 0 heterocycles. The van der Waals surface area contributed by atoms with Gasteiger partial charge in [0.05, 0.1) is 0 Å². The molecule has 0 N–H and O–H groups in total. The van der Waals surface area contributed by atoms with E-state index in [0.29, 0.717) is 26.1 Å². The molecule has 18 heavy (non-hydrogen) atoms. The van der Waals surface area contributed by atoms with E-state index in [1.54, 1.807) is 0 Å². The summed E-state index contributed by atoms with van der Waals surface area (Å²) >= 11 is 0.678. The monoisotopic (exact) mass is 426 g/mol. The van der Waals surface area contributed by atoms with Gasteiger partial charge >= 0.3 is 124 Å². The molecule has 3 nitrogen and oxygen atoms in total. The molecule has 0 aliphatic carbocycles. The molecule has 0 aromatic heterocycles. The Labute approximate surface area is 124 Å². The summed E-state index contributed by atoms with van der Waals surface area (Å²) in [5, 5.41) is 8.45. The first kappa shape index (κ1) is 13.2. The van der Waals surface area contributed by atoms with Crippen LogP contribution in [0.1, 0.15) is 0 Å². The zero-order chi connectivity index (χ0) is 13.0. The zero-order valence-electron chi connectivity index (χ0n) is 10.7. The van der Waals surface area contributed by atoms with Gasteiger partial charge in [-0.25, -0.2) is 0 Å². The average Bonchev–Trinajstić information content (AvgIpc) is 2.38. The molecule has 0 aliphatic heterocycles. The second kappa shape index (κ2) is 6.09. The number of anilines is 1. The molecule has 0 atom stereocenters. The van der Waals surface area contributed by atoms with Gasteiger partial charge in [0.25, 0.3) is 0 Å². The van der Waals surface area contributed by atoms with Crippen molar-refractivity contribution in [3.63, 3.8) is 0 Å². The van der Waals surface area contributed by atoms with Crippen LogP contribution >= 0.6 is 0 Å². The zero-order valence-corrected chi connectivity index (χ0v) is 16.2. The molecule has 2 rings (SSSR count). The van der Waals surface area contributed by atoms with Crippen LogP contribution in [0.4, 0.5) is 17.1 Å². The topological polar surface area (TPSA) is 28.0 Å². The Kier molecular flexibility index (Phi) is 4.47. The first-order valence-electron chi connectivity index (χ1n) is 5.76. The Balaban J connectivity index is 2.11. The maximum absolute atomic E-state index is 4.23. The van der Waals surface area contributed by atoms with Crippen LogP contribution in [0.25, 0.3) is 0 Å². The molecule has 0 saturated heterocycles. The number of hydrogen-bond acceptors (Lipinski definition) is 3. The summed E-state index contributed by atoms with van der Waals surface area (Å²) in [5.74, 6) is 0. The van der Waals surface area contributed by atoms with Crippen molar-refractivity contribution < 1.29 is 26.1 Å². The number of rotatable bonds is 3. The molecule has 2 aromatic rings. The van der Waals surface area contributed by atoms with Crippen molar-refractivity contribution in [1.82, 2.24) is 0 Å². The van der Waals surface area contributed by atoms with Crippen LogP contribution in [-0.4, -0.2) is 14.1 Å². The summed E-state index contributed by atoms with van der Waals surface area (Å²) in [5.41, 5.74) is 2.94. The summed E-state index contributed by atoms with van der Waals surface area (Å²) in [6, 6.07) is 16.3. The fraction of sp³-hybridized carbons (Fsp3) is 0.143. The van der Waals surface area contributed by atoms with E-state index in [4.69, 9.17) is 0 Å². The Morgan fingerprint density at radius 3 is 1.67 bits per heavy atom.